The lowest BCUT2D eigenvalue weighted by molar-refractivity contribution is 0.612. The van der Waals surface area contributed by atoms with Crippen molar-refractivity contribution in [1.82, 2.24) is 0 Å². The van der Waals surface area contributed by atoms with E-state index in [4.69, 9.17) is 0 Å². The zero-order valence-electron chi connectivity index (χ0n) is 8.81. The number of hydrogen-bond acceptors (Lipinski definition) is 1. The Morgan fingerprint density at radius 1 is 1.18 bits per heavy atom. The maximum absolute atomic E-state index is 13.9. The van der Waals surface area contributed by atoms with Crippen molar-refractivity contribution in [2.24, 2.45) is 0 Å². The van der Waals surface area contributed by atoms with Gasteiger partial charge >= 0.3 is 0 Å². The molecule has 0 aliphatic heterocycles. The van der Waals surface area contributed by atoms with Crippen molar-refractivity contribution in [1.29, 1.82) is 0 Å². The van der Waals surface area contributed by atoms with Crippen molar-refractivity contribution in [3.63, 3.8) is 0 Å². The molecule has 2 aromatic rings. The van der Waals surface area contributed by atoms with Crippen LogP contribution in [-0.2, 0) is 0 Å². The van der Waals surface area contributed by atoms with Gasteiger partial charge in [0.05, 0.1) is 12.4 Å². The number of thiophene rings is 1. The van der Waals surface area contributed by atoms with Gasteiger partial charge in [-0.05, 0) is 62.0 Å². The Morgan fingerprint density at radius 2 is 1.88 bits per heavy atom. The summed E-state index contributed by atoms with van der Waals surface area (Å²) in [5.74, 6) is -0.180. The van der Waals surface area contributed by atoms with Gasteiger partial charge in [0.1, 0.15) is 5.82 Å². The summed E-state index contributed by atoms with van der Waals surface area (Å²) >= 11 is 12.0. The second-order valence-electron chi connectivity index (χ2n) is 3.67. The molecule has 0 saturated heterocycles. The second kappa shape index (κ2) is 5.51. The van der Waals surface area contributed by atoms with Crippen molar-refractivity contribution in [2.45, 2.75) is 11.8 Å². The summed E-state index contributed by atoms with van der Waals surface area (Å²) in [5.41, 5.74) is 2.61. The molecule has 0 amide bonds. The van der Waals surface area contributed by atoms with E-state index < -0.39 is 0 Å². The zero-order valence-corrected chi connectivity index (χ0v) is 14.4. The Balaban J connectivity index is 2.43. The van der Waals surface area contributed by atoms with E-state index in [0.29, 0.717) is 5.56 Å². The Bertz CT molecular complexity index is 551. The van der Waals surface area contributed by atoms with Crippen LogP contribution >= 0.6 is 59.1 Å². The summed E-state index contributed by atoms with van der Waals surface area (Å²) in [4.78, 5) is -0.139. The minimum absolute atomic E-state index is 0.139. The molecule has 0 N–H and O–H groups in total. The van der Waals surface area contributed by atoms with Crippen LogP contribution in [0, 0.1) is 12.7 Å². The van der Waals surface area contributed by atoms with Crippen molar-refractivity contribution in [3.05, 3.63) is 54.3 Å². The number of hydrogen-bond donors (Lipinski definition) is 0. The van der Waals surface area contributed by atoms with E-state index in [9.17, 15) is 4.39 Å². The molecule has 1 atom stereocenters. The van der Waals surface area contributed by atoms with Crippen LogP contribution in [0.5, 0.6) is 0 Å². The lowest BCUT2D eigenvalue weighted by Crippen LogP contribution is -1.96. The molecule has 0 saturated carbocycles. The van der Waals surface area contributed by atoms with Gasteiger partial charge in [0, 0.05) is 5.56 Å². The number of benzene rings is 1. The normalized spacial score (nSPS) is 12.8. The molecule has 90 valence electrons. The highest BCUT2D eigenvalue weighted by molar-refractivity contribution is 9.12. The Kier molecular flexibility index (Phi) is 4.45. The molecule has 0 nitrogen and oxygen atoms in total. The van der Waals surface area contributed by atoms with Crippen LogP contribution in [0.1, 0.15) is 21.5 Å². The molecule has 1 unspecified atom stereocenters. The quantitative estimate of drug-likeness (QED) is 0.485. The van der Waals surface area contributed by atoms with Gasteiger partial charge in [-0.1, -0.05) is 28.1 Å². The van der Waals surface area contributed by atoms with E-state index in [1.54, 1.807) is 17.4 Å². The molecule has 1 aromatic carbocycles. The fraction of sp³-hybridized carbons (Fsp3) is 0.167. The Morgan fingerprint density at radius 3 is 2.41 bits per heavy atom. The zero-order chi connectivity index (χ0) is 12.6. The van der Waals surface area contributed by atoms with Crippen LogP contribution in [0.2, 0.25) is 0 Å². The van der Waals surface area contributed by atoms with Gasteiger partial charge in [0.25, 0.3) is 0 Å². The first kappa shape index (κ1) is 13.7. The fourth-order valence-electron chi connectivity index (χ4n) is 1.53. The van der Waals surface area contributed by atoms with Gasteiger partial charge in [-0.3, -0.25) is 0 Å². The average Bonchev–Trinajstić information content (AvgIpc) is 2.57. The van der Waals surface area contributed by atoms with Crippen molar-refractivity contribution < 1.29 is 4.39 Å². The predicted molar refractivity (Wildman–Crippen MR) is 81.6 cm³/mol. The van der Waals surface area contributed by atoms with Crippen LogP contribution in [0.4, 0.5) is 4.39 Å². The fourth-order valence-corrected chi connectivity index (χ4v) is 5.62. The maximum Gasteiger partial charge on any atom is 0.128 e. The second-order valence-corrected chi connectivity index (χ2v) is 8.33. The van der Waals surface area contributed by atoms with Gasteiger partial charge in [-0.25, -0.2) is 4.39 Å². The van der Waals surface area contributed by atoms with Gasteiger partial charge < -0.3 is 0 Å². The summed E-state index contributed by atoms with van der Waals surface area (Å²) in [6.45, 7) is 1.88. The lowest BCUT2D eigenvalue weighted by atomic mass is 10.1. The Labute approximate surface area is 129 Å². The van der Waals surface area contributed by atoms with Crippen LogP contribution < -0.4 is 0 Å². The summed E-state index contributed by atoms with van der Waals surface area (Å²) < 4.78 is 15.9. The van der Waals surface area contributed by atoms with Gasteiger partial charge in [0.15, 0.2) is 0 Å². The van der Waals surface area contributed by atoms with Crippen molar-refractivity contribution in [2.75, 3.05) is 0 Å². The van der Waals surface area contributed by atoms with Crippen LogP contribution in [0.3, 0.4) is 0 Å². The molecule has 1 aromatic heterocycles. The molecule has 0 bridgehead atoms. The highest BCUT2D eigenvalue weighted by atomic mass is 79.9. The van der Waals surface area contributed by atoms with Crippen molar-refractivity contribution in [3.8, 4) is 0 Å². The van der Waals surface area contributed by atoms with E-state index in [1.165, 1.54) is 0 Å². The topological polar surface area (TPSA) is 0 Å². The summed E-state index contributed by atoms with van der Waals surface area (Å²) in [6, 6.07) is 7.29. The molecule has 1 heterocycles. The summed E-state index contributed by atoms with van der Waals surface area (Å²) in [5, 5.41) is 0. The van der Waals surface area contributed by atoms with E-state index in [1.807, 2.05) is 25.1 Å². The monoisotopic (exact) mass is 440 g/mol. The molecule has 0 aliphatic rings. The maximum atomic E-state index is 13.9. The first-order valence-corrected chi connectivity index (χ1v) is 8.15. The highest BCUT2D eigenvalue weighted by Gasteiger charge is 2.19. The predicted octanol–water partition coefficient (Wildman–Crippen LogP) is 6.20. The van der Waals surface area contributed by atoms with E-state index >= 15 is 0 Å². The molecule has 17 heavy (non-hydrogen) atoms. The molecular weight excluding hydrogens is 435 g/mol. The van der Waals surface area contributed by atoms with Crippen LogP contribution in [-0.4, -0.2) is 0 Å². The van der Waals surface area contributed by atoms with Crippen LogP contribution in [0.25, 0.3) is 0 Å². The van der Waals surface area contributed by atoms with Gasteiger partial charge in [-0.2, -0.15) is 0 Å². The standard InChI is InChI=1S/C12H8Br3FS/c1-6-2-3-7(9(16)4-6)11(14)8-5-10(13)17-12(8)15/h2-5,11H,1H3. The molecule has 0 spiro atoms. The van der Waals surface area contributed by atoms with E-state index in [-0.39, 0.29) is 10.6 Å². The van der Waals surface area contributed by atoms with Crippen molar-refractivity contribution >= 4 is 59.1 Å². The molecule has 0 fully saturated rings. The third kappa shape index (κ3) is 3.00. The molecular formula is C12H8Br3FS. The van der Waals surface area contributed by atoms with Crippen LogP contribution in [0.15, 0.2) is 31.8 Å². The average molecular weight is 443 g/mol. The molecule has 0 radical (unpaired) electrons. The number of halogens is 4. The van der Waals surface area contributed by atoms with Gasteiger partial charge in [-0.15, -0.1) is 11.3 Å². The minimum Gasteiger partial charge on any atom is -0.207 e. The number of aryl methyl sites for hydroxylation is 1. The van der Waals surface area contributed by atoms with E-state index in [0.717, 1.165) is 18.7 Å². The molecule has 0 aliphatic carbocycles. The van der Waals surface area contributed by atoms with Gasteiger partial charge in [0.2, 0.25) is 0 Å². The molecule has 2 rings (SSSR count). The number of rotatable bonds is 2. The summed E-state index contributed by atoms with van der Waals surface area (Å²) in [7, 11) is 0. The first-order valence-electron chi connectivity index (χ1n) is 4.84. The smallest absolute Gasteiger partial charge is 0.128 e. The largest absolute Gasteiger partial charge is 0.207 e. The third-order valence-electron chi connectivity index (χ3n) is 2.39. The summed E-state index contributed by atoms with van der Waals surface area (Å²) in [6.07, 6.45) is 0. The first-order chi connectivity index (χ1) is 7.99. The minimum atomic E-state index is -0.180. The molecule has 5 heteroatoms. The van der Waals surface area contributed by atoms with E-state index in [2.05, 4.69) is 47.8 Å². The number of alkyl halides is 1. The Hall–Kier alpha value is 0.290. The highest BCUT2D eigenvalue weighted by Crippen LogP contribution is 2.42. The lowest BCUT2D eigenvalue weighted by Gasteiger charge is -2.11. The third-order valence-corrected chi connectivity index (χ3v) is 5.76. The SMILES string of the molecule is Cc1ccc(C(Br)c2cc(Br)sc2Br)c(F)c1.